The summed E-state index contributed by atoms with van der Waals surface area (Å²) in [5, 5.41) is 2.13. The lowest BCUT2D eigenvalue weighted by atomic mass is 10.3. The van der Waals surface area contributed by atoms with Gasteiger partial charge in [0.25, 0.3) is 0 Å². The Morgan fingerprint density at radius 3 is 3.00 bits per heavy atom. The lowest BCUT2D eigenvalue weighted by molar-refractivity contribution is 1.30. The molecule has 0 atom stereocenters. The second-order valence-electron chi connectivity index (χ2n) is 2.22. The van der Waals surface area contributed by atoms with Crippen molar-refractivity contribution in [2.24, 2.45) is 0 Å². The van der Waals surface area contributed by atoms with Gasteiger partial charge in [-0.25, -0.2) is 0 Å². The van der Waals surface area contributed by atoms with Crippen molar-refractivity contribution in [2.75, 3.05) is 6.26 Å². The standard InChI is InChI=1S/C9H12S2/c1-3-8(10-2)7-9-5-4-6-11-9/h3-6H,7H2,1-2H3/b8-3-. The molecule has 0 aliphatic heterocycles. The van der Waals surface area contributed by atoms with Crippen LogP contribution in [0.2, 0.25) is 0 Å². The summed E-state index contributed by atoms with van der Waals surface area (Å²) >= 11 is 3.66. The summed E-state index contributed by atoms with van der Waals surface area (Å²) in [5.74, 6) is 0. The Balaban J connectivity index is 2.55. The Morgan fingerprint density at radius 2 is 2.55 bits per heavy atom. The first-order chi connectivity index (χ1) is 5.36. The van der Waals surface area contributed by atoms with Crippen molar-refractivity contribution in [1.29, 1.82) is 0 Å². The summed E-state index contributed by atoms with van der Waals surface area (Å²) in [4.78, 5) is 2.90. The third-order valence-electron chi connectivity index (χ3n) is 1.51. The number of thioether (sulfide) groups is 1. The van der Waals surface area contributed by atoms with Crippen molar-refractivity contribution in [3.63, 3.8) is 0 Å². The molecule has 1 aromatic rings. The molecule has 0 saturated heterocycles. The highest BCUT2D eigenvalue weighted by atomic mass is 32.2. The minimum atomic E-state index is 1.11. The van der Waals surface area contributed by atoms with E-state index in [0.717, 1.165) is 6.42 Å². The predicted molar refractivity (Wildman–Crippen MR) is 55.3 cm³/mol. The summed E-state index contributed by atoms with van der Waals surface area (Å²) in [6, 6.07) is 4.29. The average molecular weight is 184 g/mol. The molecule has 60 valence electrons. The van der Waals surface area contributed by atoms with Crippen LogP contribution in [0.5, 0.6) is 0 Å². The van der Waals surface area contributed by atoms with Gasteiger partial charge in [0, 0.05) is 11.3 Å². The van der Waals surface area contributed by atoms with Crippen molar-refractivity contribution >= 4 is 23.1 Å². The maximum atomic E-state index is 2.18. The molecule has 2 heteroatoms. The smallest absolute Gasteiger partial charge is 0.0125 e. The van der Waals surface area contributed by atoms with Crippen LogP contribution in [0.1, 0.15) is 11.8 Å². The molecule has 1 heterocycles. The van der Waals surface area contributed by atoms with Crippen LogP contribution in [0.15, 0.2) is 28.5 Å². The molecular weight excluding hydrogens is 172 g/mol. The molecule has 0 N–H and O–H groups in total. The fraction of sp³-hybridized carbons (Fsp3) is 0.333. The van der Waals surface area contributed by atoms with Gasteiger partial charge in [-0.15, -0.1) is 23.1 Å². The third-order valence-corrected chi connectivity index (χ3v) is 3.29. The highest BCUT2D eigenvalue weighted by molar-refractivity contribution is 8.02. The zero-order valence-electron chi connectivity index (χ0n) is 6.83. The minimum Gasteiger partial charge on any atom is -0.149 e. The van der Waals surface area contributed by atoms with Gasteiger partial charge >= 0.3 is 0 Å². The van der Waals surface area contributed by atoms with Gasteiger partial charge in [-0.05, 0) is 29.5 Å². The normalized spacial score (nSPS) is 12.0. The van der Waals surface area contributed by atoms with Crippen molar-refractivity contribution in [3.8, 4) is 0 Å². The molecule has 0 fully saturated rings. The average Bonchev–Trinajstić information content (AvgIpc) is 2.52. The van der Waals surface area contributed by atoms with Crippen molar-refractivity contribution in [2.45, 2.75) is 13.3 Å². The number of allylic oxidation sites excluding steroid dienone is 2. The summed E-state index contributed by atoms with van der Waals surface area (Å²) < 4.78 is 0. The summed E-state index contributed by atoms with van der Waals surface area (Å²) in [6.07, 6.45) is 5.42. The van der Waals surface area contributed by atoms with Gasteiger partial charge in [0.2, 0.25) is 0 Å². The van der Waals surface area contributed by atoms with Crippen LogP contribution < -0.4 is 0 Å². The van der Waals surface area contributed by atoms with E-state index in [4.69, 9.17) is 0 Å². The van der Waals surface area contributed by atoms with Crippen molar-refractivity contribution in [3.05, 3.63) is 33.4 Å². The maximum Gasteiger partial charge on any atom is 0.0125 e. The van der Waals surface area contributed by atoms with E-state index in [1.807, 2.05) is 23.1 Å². The van der Waals surface area contributed by atoms with Crippen LogP contribution in [0, 0.1) is 0 Å². The van der Waals surface area contributed by atoms with Gasteiger partial charge in [-0.2, -0.15) is 0 Å². The number of hydrogen-bond donors (Lipinski definition) is 0. The molecule has 1 rings (SSSR count). The topological polar surface area (TPSA) is 0 Å². The molecule has 0 radical (unpaired) electrons. The first-order valence-electron chi connectivity index (χ1n) is 3.58. The van der Waals surface area contributed by atoms with Gasteiger partial charge in [0.1, 0.15) is 0 Å². The first kappa shape index (κ1) is 8.88. The van der Waals surface area contributed by atoms with E-state index in [9.17, 15) is 0 Å². The van der Waals surface area contributed by atoms with Crippen LogP contribution in [0.25, 0.3) is 0 Å². The van der Waals surface area contributed by atoms with E-state index >= 15 is 0 Å². The Kier molecular flexibility index (Phi) is 3.73. The maximum absolute atomic E-state index is 2.18. The fourth-order valence-electron chi connectivity index (χ4n) is 0.877. The molecule has 0 bridgehead atoms. The first-order valence-corrected chi connectivity index (χ1v) is 5.69. The van der Waals surface area contributed by atoms with E-state index in [0.29, 0.717) is 0 Å². The van der Waals surface area contributed by atoms with E-state index in [2.05, 4.69) is 36.8 Å². The molecule has 0 aliphatic carbocycles. The van der Waals surface area contributed by atoms with E-state index < -0.39 is 0 Å². The number of hydrogen-bond acceptors (Lipinski definition) is 2. The van der Waals surface area contributed by atoms with Gasteiger partial charge in [0.15, 0.2) is 0 Å². The van der Waals surface area contributed by atoms with Crippen molar-refractivity contribution < 1.29 is 0 Å². The van der Waals surface area contributed by atoms with Gasteiger partial charge < -0.3 is 0 Å². The minimum absolute atomic E-state index is 1.11. The highest BCUT2D eigenvalue weighted by Crippen LogP contribution is 2.20. The molecule has 0 unspecified atom stereocenters. The van der Waals surface area contributed by atoms with Crippen LogP contribution in [-0.4, -0.2) is 6.26 Å². The Bertz CT molecular complexity index is 222. The van der Waals surface area contributed by atoms with Crippen LogP contribution >= 0.6 is 23.1 Å². The second kappa shape index (κ2) is 4.62. The predicted octanol–water partition coefficient (Wildman–Crippen LogP) is 3.56. The van der Waals surface area contributed by atoms with Gasteiger partial charge in [-0.3, -0.25) is 0 Å². The van der Waals surface area contributed by atoms with E-state index in [1.54, 1.807) is 0 Å². The molecule has 0 aliphatic rings. The molecule has 1 aromatic heterocycles. The molecule has 0 amide bonds. The van der Waals surface area contributed by atoms with Crippen molar-refractivity contribution in [1.82, 2.24) is 0 Å². The fourth-order valence-corrected chi connectivity index (χ4v) is 2.23. The van der Waals surface area contributed by atoms with Crippen LogP contribution in [-0.2, 0) is 6.42 Å². The molecule has 0 aromatic carbocycles. The van der Waals surface area contributed by atoms with E-state index in [-0.39, 0.29) is 0 Å². The highest BCUT2D eigenvalue weighted by Gasteiger charge is 1.96. The lowest BCUT2D eigenvalue weighted by Crippen LogP contribution is -1.80. The molecule has 0 nitrogen and oxygen atoms in total. The quantitative estimate of drug-likeness (QED) is 0.692. The van der Waals surface area contributed by atoms with Crippen LogP contribution in [0.4, 0.5) is 0 Å². The van der Waals surface area contributed by atoms with E-state index in [1.165, 1.54) is 9.78 Å². The largest absolute Gasteiger partial charge is 0.149 e. The van der Waals surface area contributed by atoms with Gasteiger partial charge in [-0.1, -0.05) is 12.1 Å². The molecule has 0 saturated carbocycles. The Morgan fingerprint density at radius 1 is 1.73 bits per heavy atom. The summed E-state index contributed by atoms with van der Waals surface area (Å²) in [5.41, 5.74) is 0. The second-order valence-corrected chi connectivity index (χ2v) is 4.18. The Hall–Kier alpha value is -0.210. The lowest BCUT2D eigenvalue weighted by Gasteiger charge is -1.98. The summed E-state index contributed by atoms with van der Waals surface area (Å²) in [6.45, 7) is 2.10. The van der Waals surface area contributed by atoms with Crippen LogP contribution in [0.3, 0.4) is 0 Å². The monoisotopic (exact) mass is 184 g/mol. The van der Waals surface area contributed by atoms with Gasteiger partial charge in [0.05, 0.1) is 0 Å². The Labute approximate surface area is 76.3 Å². The SMILES string of the molecule is C/C=C(/Cc1cccs1)SC. The molecule has 11 heavy (non-hydrogen) atoms. The third kappa shape index (κ3) is 2.72. The number of thiophene rings is 1. The zero-order valence-corrected chi connectivity index (χ0v) is 8.47. The summed E-state index contributed by atoms with van der Waals surface area (Å²) in [7, 11) is 0. The molecule has 0 spiro atoms. The molecular formula is C9H12S2. The zero-order chi connectivity index (χ0) is 8.10. The number of rotatable bonds is 3.